The van der Waals surface area contributed by atoms with Crippen LogP contribution in [-0.4, -0.2) is 26.6 Å². The number of aryl methyl sites for hydroxylation is 1. The molecular formula is C18H21ClN2O3S. The highest BCUT2D eigenvalue weighted by Gasteiger charge is 2.29. The molecule has 134 valence electrons. The van der Waals surface area contributed by atoms with Gasteiger partial charge in [0.15, 0.2) is 0 Å². The van der Waals surface area contributed by atoms with Gasteiger partial charge in [-0.3, -0.25) is 9.10 Å². The molecule has 0 bridgehead atoms. The van der Waals surface area contributed by atoms with E-state index >= 15 is 0 Å². The summed E-state index contributed by atoms with van der Waals surface area (Å²) in [5.74, 6) is -0.408. The molecule has 0 radical (unpaired) electrons. The quantitative estimate of drug-likeness (QED) is 0.858. The van der Waals surface area contributed by atoms with E-state index in [9.17, 15) is 13.2 Å². The third-order valence-electron chi connectivity index (χ3n) is 4.03. The lowest BCUT2D eigenvalue weighted by Crippen LogP contribution is -2.45. The van der Waals surface area contributed by atoms with Crippen LogP contribution in [0.15, 0.2) is 42.5 Å². The Hall–Kier alpha value is -2.05. The van der Waals surface area contributed by atoms with Crippen molar-refractivity contribution in [1.82, 2.24) is 0 Å². The maximum Gasteiger partial charge on any atom is 0.248 e. The maximum absolute atomic E-state index is 12.7. The van der Waals surface area contributed by atoms with Crippen molar-refractivity contribution in [2.24, 2.45) is 0 Å². The van der Waals surface area contributed by atoms with Crippen LogP contribution in [0, 0.1) is 13.8 Å². The zero-order valence-corrected chi connectivity index (χ0v) is 16.1. The Balaban J connectivity index is 2.33. The first kappa shape index (κ1) is 19.3. The Morgan fingerprint density at radius 3 is 2.28 bits per heavy atom. The van der Waals surface area contributed by atoms with Crippen LogP contribution < -0.4 is 9.62 Å². The van der Waals surface area contributed by atoms with Crippen LogP contribution in [0.25, 0.3) is 0 Å². The Morgan fingerprint density at radius 1 is 1.12 bits per heavy atom. The van der Waals surface area contributed by atoms with E-state index in [2.05, 4.69) is 5.32 Å². The minimum atomic E-state index is -3.66. The summed E-state index contributed by atoms with van der Waals surface area (Å²) in [5.41, 5.74) is 3.04. The Labute approximate surface area is 153 Å². The third kappa shape index (κ3) is 4.52. The van der Waals surface area contributed by atoms with Crippen LogP contribution in [0.5, 0.6) is 0 Å². The molecule has 1 atom stereocenters. The van der Waals surface area contributed by atoms with Gasteiger partial charge in [-0.25, -0.2) is 8.42 Å². The summed E-state index contributed by atoms with van der Waals surface area (Å²) in [6.45, 7) is 5.41. The molecule has 0 fully saturated rings. The number of nitrogens with zero attached hydrogens (tertiary/aromatic N) is 1. The number of carbonyl (C=O) groups excluding carboxylic acids is 1. The monoisotopic (exact) mass is 380 g/mol. The number of hydrogen-bond donors (Lipinski definition) is 1. The average Bonchev–Trinajstić information content (AvgIpc) is 2.52. The first-order valence-electron chi connectivity index (χ1n) is 7.73. The number of anilines is 2. The molecule has 0 aliphatic heterocycles. The van der Waals surface area contributed by atoms with Gasteiger partial charge in [-0.15, -0.1) is 0 Å². The standard InChI is InChI=1S/C18H21ClN2O3S/c1-12-6-5-7-17(13(12)2)20-18(22)14(3)21(25(4,23)24)16-10-8-15(19)9-11-16/h5-11,14H,1-4H3,(H,20,22). The number of carbonyl (C=O) groups is 1. The van der Waals surface area contributed by atoms with Gasteiger partial charge in [-0.2, -0.15) is 0 Å². The van der Waals surface area contributed by atoms with Gasteiger partial charge < -0.3 is 5.32 Å². The van der Waals surface area contributed by atoms with E-state index in [4.69, 9.17) is 11.6 Å². The molecule has 2 aromatic rings. The Morgan fingerprint density at radius 2 is 1.72 bits per heavy atom. The third-order valence-corrected chi connectivity index (χ3v) is 5.53. The number of rotatable bonds is 5. The van der Waals surface area contributed by atoms with Crippen LogP contribution in [0.4, 0.5) is 11.4 Å². The molecular weight excluding hydrogens is 360 g/mol. The maximum atomic E-state index is 12.7. The van der Waals surface area contributed by atoms with Gasteiger partial charge in [-0.05, 0) is 62.2 Å². The number of sulfonamides is 1. The highest BCUT2D eigenvalue weighted by molar-refractivity contribution is 7.92. The SMILES string of the molecule is Cc1cccc(NC(=O)C(C)N(c2ccc(Cl)cc2)S(C)(=O)=O)c1C. The number of halogens is 1. The second kappa shape index (κ2) is 7.45. The van der Waals surface area contributed by atoms with E-state index in [1.54, 1.807) is 37.3 Å². The van der Waals surface area contributed by atoms with E-state index in [1.165, 1.54) is 0 Å². The van der Waals surface area contributed by atoms with Gasteiger partial charge in [0.25, 0.3) is 0 Å². The second-order valence-corrected chi connectivity index (χ2v) is 8.24. The van der Waals surface area contributed by atoms with E-state index in [1.807, 2.05) is 26.0 Å². The lowest BCUT2D eigenvalue weighted by atomic mass is 10.1. The fourth-order valence-electron chi connectivity index (χ4n) is 2.52. The molecule has 7 heteroatoms. The summed E-state index contributed by atoms with van der Waals surface area (Å²) in [6.07, 6.45) is 1.07. The van der Waals surface area contributed by atoms with Gasteiger partial charge in [0.2, 0.25) is 15.9 Å². The highest BCUT2D eigenvalue weighted by Crippen LogP contribution is 2.24. The molecule has 2 aromatic carbocycles. The van der Waals surface area contributed by atoms with Gasteiger partial charge >= 0.3 is 0 Å². The predicted octanol–water partition coefficient (Wildman–Crippen LogP) is 3.75. The van der Waals surface area contributed by atoms with Crippen molar-refractivity contribution in [1.29, 1.82) is 0 Å². The molecule has 0 saturated heterocycles. The van der Waals surface area contributed by atoms with E-state index in [0.29, 0.717) is 16.4 Å². The van der Waals surface area contributed by atoms with Crippen molar-refractivity contribution in [3.63, 3.8) is 0 Å². The van der Waals surface area contributed by atoms with Gasteiger partial charge in [0.1, 0.15) is 6.04 Å². The lowest BCUT2D eigenvalue weighted by Gasteiger charge is -2.28. The summed E-state index contributed by atoms with van der Waals surface area (Å²) >= 11 is 5.87. The predicted molar refractivity (Wildman–Crippen MR) is 103 cm³/mol. The summed E-state index contributed by atoms with van der Waals surface area (Å²) in [4.78, 5) is 12.7. The zero-order valence-electron chi connectivity index (χ0n) is 14.6. The summed E-state index contributed by atoms with van der Waals surface area (Å²) in [5, 5.41) is 3.30. The van der Waals surface area contributed by atoms with Crippen LogP contribution in [0.1, 0.15) is 18.1 Å². The highest BCUT2D eigenvalue weighted by atomic mass is 35.5. The number of amides is 1. The largest absolute Gasteiger partial charge is 0.324 e. The van der Waals surface area contributed by atoms with Crippen LogP contribution in [0.3, 0.4) is 0 Å². The van der Waals surface area contributed by atoms with Crippen molar-refractivity contribution in [2.45, 2.75) is 26.8 Å². The Kier molecular flexibility index (Phi) is 5.75. The minimum absolute atomic E-state index is 0.385. The molecule has 0 aliphatic carbocycles. The van der Waals surface area contributed by atoms with Gasteiger partial charge in [-0.1, -0.05) is 23.7 Å². The first-order valence-corrected chi connectivity index (χ1v) is 9.96. The zero-order chi connectivity index (χ0) is 18.8. The summed E-state index contributed by atoms with van der Waals surface area (Å²) < 4.78 is 25.6. The molecule has 0 heterocycles. The van der Waals surface area contributed by atoms with Crippen molar-refractivity contribution < 1.29 is 13.2 Å². The molecule has 0 aromatic heterocycles. The fraction of sp³-hybridized carbons (Fsp3) is 0.278. The molecule has 1 N–H and O–H groups in total. The molecule has 0 spiro atoms. The van der Waals surface area contributed by atoms with Gasteiger partial charge in [0, 0.05) is 10.7 Å². The van der Waals surface area contributed by atoms with E-state index in [0.717, 1.165) is 21.7 Å². The molecule has 2 rings (SSSR count). The Bertz CT molecular complexity index is 880. The van der Waals surface area contributed by atoms with Crippen LogP contribution in [0.2, 0.25) is 5.02 Å². The van der Waals surface area contributed by atoms with Crippen molar-refractivity contribution in [2.75, 3.05) is 15.9 Å². The number of benzene rings is 2. The normalized spacial score (nSPS) is 12.5. The first-order chi connectivity index (χ1) is 11.6. The topological polar surface area (TPSA) is 66.5 Å². The molecule has 1 amide bonds. The van der Waals surface area contributed by atoms with Crippen LogP contribution in [-0.2, 0) is 14.8 Å². The minimum Gasteiger partial charge on any atom is -0.324 e. The number of nitrogens with one attached hydrogen (secondary N) is 1. The second-order valence-electron chi connectivity index (χ2n) is 5.95. The fourth-order valence-corrected chi connectivity index (χ4v) is 3.82. The molecule has 1 unspecified atom stereocenters. The average molecular weight is 381 g/mol. The lowest BCUT2D eigenvalue weighted by molar-refractivity contribution is -0.116. The van der Waals surface area contributed by atoms with Crippen molar-refractivity contribution in [3.05, 3.63) is 58.6 Å². The van der Waals surface area contributed by atoms with Crippen LogP contribution >= 0.6 is 11.6 Å². The van der Waals surface area contributed by atoms with E-state index < -0.39 is 22.0 Å². The molecule has 0 aliphatic rings. The summed E-state index contributed by atoms with van der Waals surface area (Å²) in [7, 11) is -3.66. The molecule has 0 saturated carbocycles. The van der Waals surface area contributed by atoms with Gasteiger partial charge in [0.05, 0.1) is 11.9 Å². The smallest absolute Gasteiger partial charge is 0.248 e. The van der Waals surface area contributed by atoms with Crippen molar-refractivity contribution >= 4 is 38.9 Å². The van der Waals surface area contributed by atoms with Crippen molar-refractivity contribution in [3.8, 4) is 0 Å². The van der Waals surface area contributed by atoms with E-state index in [-0.39, 0.29) is 0 Å². The molecule has 5 nitrogen and oxygen atoms in total. The number of hydrogen-bond acceptors (Lipinski definition) is 3. The molecule has 25 heavy (non-hydrogen) atoms. The summed E-state index contributed by atoms with van der Waals surface area (Å²) in [6, 6.07) is 11.0.